The lowest BCUT2D eigenvalue weighted by molar-refractivity contribution is -0.140. The lowest BCUT2D eigenvalue weighted by Gasteiger charge is -2.34. The molecule has 1 aliphatic rings. The van der Waals surface area contributed by atoms with Gasteiger partial charge in [0.2, 0.25) is 11.8 Å². The number of carbonyl (C=O) groups excluding carboxylic acids is 2. The Morgan fingerprint density at radius 2 is 1.76 bits per heavy atom. The minimum absolute atomic E-state index is 0.0708. The molecule has 0 aliphatic heterocycles. The maximum atomic E-state index is 14.7. The van der Waals surface area contributed by atoms with Crippen LogP contribution in [-0.2, 0) is 26.3 Å². The maximum Gasteiger partial charge on any atom is 0.304 e. The number of nitrogens with zero attached hydrogens (tertiary/aromatic N) is 3. The van der Waals surface area contributed by atoms with E-state index < -0.39 is 34.5 Å². The summed E-state index contributed by atoms with van der Waals surface area (Å²) < 4.78 is 42.8. The van der Waals surface area contributed by atoms with Gasteiger partial charge in [0.1, 0.15) is 18.4 Å². The Kier molecular flexibility index (Phi) is 9.67. The van der Waals surface area contributed by atoms with Crippen LogP contribution >= 0.6 is 0 Å². The van der Waals surface area contributed by atoms with Gasteiger partial charge in [-0.15, -0.1) is 0 Å². The SMILES string of the molecule is CC[C@H](C(=O)NC1CCCC1)N(Cc1cccc(C)c1)C(=O)CN(c1ccccc1F)S(=O)(=O)N(C)C. The van der Waals surface area contributed by atoms with Crippen LogP contribution in [0.2, 0.25) is 0 Å². The number of para-hydroxylation sites is 1. The van der Waals surface area contributed by atoms with E-state index in [1.165, 1.54) is 37.2 Å². The highest BCUT2D eigenvalue weighted by atomic mass is 32.2. The van der Waals surface area contributed by atoms with E-state index in [0.29, 0.717) is 6.42 Å². The van der Waals surface area contributed by atoms with Crippen LogP contribution in [-0.4, -0.2) is 62.2 Å². The summed E-state index contributed by atoms with van der Waals surface area (Å²) in [5.41, 5.74) is 1.58. The largest absolute Gasteiger partial charge is 0.352 e. The number of aryl methyl sites for hydroxylation is 1. The third-order valence-corrected chi connectivity index (χ3v) is 8.47. The van der Waals surface area contributed by atoms with Crippen molar-refractivity contribution in [2.45, 2.75) is 64.6 Å². The molecule has 0 unspecified atom stereocenters. The molecule has 1 saturated carbocycles. The number of carbonyl (C=O) groups is 2. The number of anilines is 1. The summed E-state index contributed by atoms with van der Waals surface area (Å²) in [6, 6.07) is 12.3. The molecular formula is C27H37FN4O4S. The van der Waals surface area contributed by atoms with Crippen molar-refractivity contribution in [1.29, 1.82) is 0 Å². The smallest absolute Gasteiger partial charge is 0.304 e. The van der Waals surface area contributed by atoms with Crippen molar-refractivity contribution < 1.29 is 22.4 Å². The first-order valence-corrected chi connectivity index (χ1v) is 14.0. The van der Waals surface area contributed by atoms with Crippen LogP contribution in [0.15, 0.2) is 48.5 Å². The van der Waals surface area contributed by atoms with Gasteiger partial charge in [0, 0.05) is 26.7 Å². The van der Waals surface area contributed by atoms with Gasteiger partial charge in [-0.3, -0.25) is 9.59 Å². The van der Waals surface area contributed by atoms with Crippen LogP contribution in [0.25, 0.3) is 0 Å². The van der Waals surface area contributed by atoms with E-state index >= 15 is 0 Å². The van der Waals surface area contributed by atoms with E-state index in [1.807, 2.05) is 38.1 Å². The highest BCUT2D eigenvalue weighted by molar-refractivity contribution is 7.90. The molecule has 0 radical (unpaired) electrons. The molecule has 1 fully saturated rings. The first-order chi connectivity index (χ1) is 17.5. The van der Waals surface area contributed by atoms with E-state index in [0.717, 1.165) is 51.5 Å². The number of hydrogen-bond acceptors (Lipinski definition) is 4. The molecule has 8 nitrogen and oxygen atoms in total. The van der Waals surface area contributed by atoms with Crippen molar-refractivity contribution in [2.75, 3.05) is 24.9 Å². The van der Waals surface area contributed by atoms with Crippen LogP contribution in [0.3, 0.4) is 0 Å². The molecule has 10 heteroatoms. The van der Waals surface area contributed by atoms with Gasteiger partial charge in [-0.1, -0.05) is 61.7 Å². The third-order valence-electron chi connectivity index (χ3n) is 6.66. The summed E-state index contributed by atoms with van der Waals surface area (Å²) in [4.78, 5) is 28.6. The number of nitrogens with one attached hydrogen (secondary N) is 1. The fourth-order valence-corrected chi connectivity index (χ4v) is 5.71. The molecule has 1 aliphatic carbocycles. The molecule has 2 aromatic rings. The fourth-order valence-electron chi connectivity index (χ4n) is 4.65. The molecule has 1 atom stereocenters. The topological polar surface area (TPSA) is 90.0 Å². The van der Waals surface area contributed by atoms with Gasteiger partial charge in [0.15, 0.2) is 0 Å². The Bertz CT molecular complexity index is 1200. The molecule has 3 rings (SSSR count). The lowest BCUT2D eigenvalue weighted by atomic mass is 10.1. The number of hydrogen-bond donors (Lipinski definition) is 1. The number of amides is 2. The standard InChI is InChI=1S/C27H37FN4O4S/c1-5-24(27(34)29-22-13-6-7-14-22)31(18-21-12-10-11-20(2)17-21)26(33)19-32(37(35,36)30(3)4)25-16-9-8-15-23(25)28/h8-12,15-17,22,24H,5-7,13-14,18-19H2,1-4H3,(H,29,34)/t24-/m1/s1. The van der Waals surface area contributed by atoms with Crippen molar-refractivity contribution in [1.82, 2.24) is 14.5 Å². The van der Waals surface area contributed by atoms with Crippen molar-refractivity contribution in [3.63, 3.8) is 0 Å². The van der Waals surface area contributed by atoms with Crippen molar-refractivity contribution in [2.24, 2.45) is 0 Å². The predicted molar refractivity (Wildman–Crippen MR) is 143 cm³/mol. The Labute approximate surface area is 219 Å². The Morgan fingerprint density at radius 3 is 2.35 bits per heavy atom. The summed E-state index contributed by atoms with van der Waals surface area (Å²) in [6.07, 6.45) is 4.24. The van der Waals surface area contributed by atoms with Gasteiger partial charge < -0.3 is 10.2 Å². The average Bonchev–Trinajstić information content (AvgIpc) is 3.35. The second kappa shape index (κ2) is 12.5. The highest BCUT2D eigenvalue weighted by Gasteiger charge is 2.35. The van der Waals surface area contributed by atoms with Crippen molar-refractivity contribution >= 4 is 27.7 Å². The van der Waals surface area contributed by atoms with Crippen LogP contribution < -0.4 is 9.62 Å². The monoisotopic (exact) mass is 532 g/mol. The molecular weight excluding hydrogens is 495 g/mol. The van der Waals surface area contributed by atoms with Crippen LogP contribution in [0.4, 0.5) is 10.1 Å². The van der Waals surface area contributed by atoms with E-state index in [1.54, 1.807) is 0 Å². The van der Waals surface area contributed by atoms with Gasteiger partial charge >= 0.3 is 10.2 Å². The maximum absolute atomic E-state index is 14.7. The summed E-state index contributed by atoms with van der Waals surface area (Å²) in [5.74, 6) is -1.62. The predicted octanol–water partition coefficient (Wildman–Crippen LogP) is 3.61. The van der Waals surface area contributed by atoms with Crippen molar-refractivity contribution in [3.8, 4) is 0 Å². The average molecular weight is 533 g/mol. The van der Waals surface area contributed by atoms with Gasteiger partial charge in [0.05, 0.1) is 5.69 Å². The van der Waals surface area contributed by atoms with E-state index in [2.05, 4.69) is 5.32 Å². The van der Waals surface area contributed by atoms with Crippen LogP contribution in [0.1, 0.15) is 50.2 Å². The quantitative estimate of drug-likeness (QED) is 0.479. The Balaban J connectivity index is 1.98. The van der Waals surface area contributed by atoms with Crippen molar-refractivity contribution in [3.05, 3.63) is 65.5 Å². The van der Waals surface area contributed by atoms with E-state index in [9.17, 15) is 22.4 Å². The highest BCUT2D eigenvalue weighted by Crippen LogP contribution is 2.24. The Hall–Kier alpha value is -2.98. The number of rotatable bonds is 11. The molecule has 0 aromatic heterocycles. The summed E-state index contributed by atoms with van der Waals surface area (Å²) >= 11 is 0. The summed E-state index contributed by atoms with van der Waals surface area (Å²) in [7, 11) is -1.57. The number of benzene rings is 2. The molecule has 0 bridgehead atoms. The zero-order valence-corrected chi connectivity index (χ0v) is 22.8. The van der Waals surface area contributed by atoms with E-state index in [4.69, 9.17) is 0 Å². The molecule has 202 valence electrons. The van der Waals surface area contributed by atoms with Crippen LogP contribution in [0, 0.1) is 12.7 Å². The molecule has 0 heterocycles. The molecule has 0 saturated heterocycles. The molecule has 0 spiro atoms. The minimum atomic E-state index is -4.22. The summed E-state index contributed by atoms with van der Waals surface area (Å²) in [5, 5.41) is 3.07. The minimum Gasteiger partial charge on any atom is -0.352 e. The van der Waals surface area contributed by atoms with Gasteiger partial charge in [0.25, 0.3) is 0 Å². The fraction of sp³-hybridized carbons (Fsp3) is 0.481. The zero-order valence-electron chi connectivity index (χ0n) is 22.0. The normalized spacial score (nSPS) is 15.0. The Morgan fingerprint density at radius 1 is 1.08 bits per heavy atom. The van der Waals surface area contributed by atoms with Gasteiger partial charge in [-0.05, 0) is 43.9 Å². The molecule has 2 aromatic carbocycles. The van der Waals surface area contributed by atoms with E-state index in [-0.39, 0.29) is 24.2 Å². The second-order valence-corrected chi connectivity index (χ2v) is 11.7. The first kappa shape index (κ1) is 28.6. The lowest BCUT2D eigenvalue weighted by Crippen LogP contribution is -2.54. The van der Waals surface area contributed by atoms with Crippen LogP contribution in [0.5, 0.6) is 0 Å². The third kappa shape index (κ3) is 7.07. The zero-order chi connectivity index (χ0) is 27.2. The van der Waals surface area contributed by atoms with Gasteiger partial charge in [-0.2, -0.15) is 12.7 Å². The first-order valence-electron chi connectivity index (χ1n) is 12.6. The molecule has 2 amide bonds. The molecule has 37 heavy (non-hydrogen) atoms. The molecule has 1 N–H and O–H groups in total. The number of halogens is 1. The second-order valence-electron chi connectivity index (χ2n) is 9.67. The van der Waals surface area contributed by atoms with Gasteiger partial charge in [-0.25, -0.2) is 8.70 Å². The summed E-state index contributed by atoms with van der Waals surface area (Å²) in [6.45, 7) is 3.22.